The maximum Gasteiger partial charge on any atom is 0.309 e. The minimum absolute atomic E-state index is 0.602. The average Bonchev–Trinajstić information content (AvgIpc) is 2.79. The highest BCUT2D eigenvalue weighted by molar-refractivity contribution is 6.07. The van der Waals surface area contributed by atoms with E-state index < -0.39 is 11.4 Å². The van der Waals surface area contributed by atoms with Gasteiger partial charge in [0, 0.05) is 28.4 Å². The first-order valence-corrected chi connectivity index (χ1v) is 7.20. The van der Waals surface area contributed by atoms with E-state index in [9.17, 15) is 9.90 Å². The third kappa shape index (κ3) is 2.29. The SMILES string of the molecule is CC(C)(CCn1c2ccccc2c2ccccc21)C(=O)O. The molecule has 1 heterocycles. The number of hydrogen-bond donors (Lipinski definition) is 1. The number of nitrogens with zero attached hydrogens (tertiary/aromatic N) is 1. The molecule has 1 aromatic heterocycles. The number of rotatable bonds is 4. The minimum atomic E-state index is -0.747. The number of para-hydroxylation sites is 2. The summed E-state index contributed by atoms with van der Waals surface area (Å²) in [6, 6.07) is 16.6. The van der Waals surface area contributed by atoms with E-state index in [1.54, 1.807) is 13.8 Å². The first-order chi connectivity index (χ1) is 10.0. The van der Waals surface area contributed by atoms with Gasteiger partial charge in [-0.3, -0.25) is 4.79 Å². The Morgan fingerprint density at radius 3 is 1.95 bits per heavy atom. The first-order valence-electron chi connectivity index (χ1n) is 7.20. The van der Waals surface area contributed by atoms with E-state index in [4.69, 9.17) is 0 Å². The van der Waals surface area contributed by atoms with Gasteiger partial charge in [0.05, 0.1) is 5.41 Å². The maximum absolute atomic E-state index is 11.3. The van der Waals surface area contributed by atoms with Gasteiger partial charge in [0.2, 0.25) is 0 Å². The van der Waals surface area contributed by atoms with Crippen LogP contribution >= 0.6 is 0 Å². The number of benzene rings is 2. The predicted molar refractivity (Wildman–Crippen MR) is 85.5 cm³/mol. The summed E-state index contributed by atoms with van der Waals surface area (Å²) in [5.74, 6) is -0.747. The van der Waals surface area contributed by atoms with Crippen LogP contribution in [0.1, 0.15) is 20.3 Å². The largest absolute Gasteiger partial charge is 0.481 e. The number of carboxylic acid groups (broad SMARTS) is 1. The normalized spacial score (nSPS) is 12.1. The van der Waals surface area contributed by atoms with Crippen LogP contribution in [0.25, 0.3) is 21.8 Å². The van der Waals surface area contributed by atoms with Crippen molar-refractivity contribution in [3.8, 4) is 0 Å². The van der Waals surface area contributed by atoms with Crippen LogP contribution in [0.15, 0.2) is 48.5 Å². The molecule has 3 heteroatoms. The van der Waals surface area contributed by atoms with E-state index in [-0.39, 0.29) is 0 Å². The number of hydrogen-bond acceptors (Lipinski definition) is 1. The van der Waals surface area contributed by atoms with E-state index in [0.29, 0.717) is 13.0 Å². The van der Waals surface area contributed by atoms with Crippen LogP contribution in [0.5, 0.6) is 0 Å². The number of aryl methyl sites for hydroxylation is 1. The number of fused-ring (bicyclic) bond motifs is 3. The molecule has 0 amide bonds. The Morgan fingerprint density at radius 1 is 1.00 bits per heavy atom. The highest BCUT2D eigenvalue weighted by Gasteiger charge is 2.27. The zero-order chi connectivity index (χ0) is 15.0. The van der Waals surface area contributed by atoms with Gasteiger partial charge in [-0.25, -0.2) is 0 Å². The second-order valence-electron chi connectivity index (χ2n) is 6.12. The smallest absolute Gasteiger partial charge is 0.309 e. The van der Waals surface area contributed by atoms with Crippen molar-refractivity contribution in [2.75, 3.05) is 0 Å². The highest BCUT2D eigenvalue weighted by Crippen LogP contribution is 2.30. The van der Waals surface area contributed by atoms with Gasteiger partial charge < -0.3 is 9.67 Å². The summed E-state index contributed by atoms with van der Waals surface area (Å²) in [6.07, 6.45) is 0.602. The Labute approximate surface area is 123 Å². The summed E-state index contributed by atoms with van der Waals surface area (Å²) in [7, 11) is 0. The fraction of sp³-hybridized carbons (Fsp3) is 0.278. The van der Waals surface area contributed by atoms with E-state index in [1.165, 1.54) is 21.8 Å². The van der Waals surface area contributed by atoms with Crippen LogP contribution in [0.4, 0.5) is 0 Å². The summed E-state index contributed by atoms with van der Waals surface area (Å²) in [4.78, 5) is 11.3. The molecule has 3 rings (SSSR count). The third-order valence-electron chi connectivity index (χ3n) is 4.22. The molecule has 0 radical (unpaired) electrons. The van der Waals surface area contributed by atoms with Gasteiger partial charge in [0.15, 0.2) is 0 Å². The van der Waals surface area contributed by atoms with Crippen molar-refractivity contribution in [2.45, 2.75) is 26.8 Å². The molecule has 108 valence electrons. The molecule has 0 unspecified atom stereocenters. The monoisotopic (exact) mass is 281 g/mol. The maximum atomic E-state index is 11.3. The molecular formula is C18H19NO2. The average molecular weight is 281 g/mol. The Morgan fingerprint density at radius 2 is 1.48 bits per heavy atom. The number of carbonyl (C=O) groups is 1. The van der Waals surface area contributed by atoms with Crippen molar-refractivity contribution >= 4 is 27.8 Å². The van der Waals surface area contributed by atoms with Gasteiger partial charge >= 0.3 is 5.97 Å². The zero-order valence-corrected chi connectivity index (χ0v) is 12.3. The van der Waals surface area contributed by atoms with E-state index in [1.807, 2.05) is 24.3 Å². The zero-order valence-electron chi connectivity index (χ0n) is 12.3. The van der Waals surface area contributed by atoms with Crippen LogP contribution in [-0.2, 0) is 11.3 Å². The lowest BCUT2D eigenvalue weighted by Crippen LogP contribution is -2.25. The molecule has 0 saturated carbocycles. The summed E-state index contributed by atoms with van der Waals surface area (Å²) >= 11 is 0. The molecule has 0 bridgehead atoms. The lowest BCUT2D eigenvalue weighted by Gasteiger charge is -2.20. The van der Waals surface area contributed by atoms with Crippen LogP contribution in [0, 0.1) is 5.41 Å². The Balaban J connectivity index is 2.10. The van der Waals surface area contributed by atoms with Crippen molar-refractivity contribution in [3.05, 3.63) is 48.5 Å². The van der Waals surface area contributed by atoms with E-state index >= 15 is 0 Å². The number of aromatic nitrogens is 1. The number of aliphatic carboxylic acids is 1. The third-order valence-corrected chi connectivity index (χ3v) is 4.22. The van der Waals surface area contributed by atoms with Gasteiger partial charge in [0.25, 0.3) is 0 Å². The standard InChI is InChI=1S/C18H19NO2/c1-18(2,17(20)21)11-12-19-15-9-5-3-7-13(15)14-8-4-6-10-16(14)19/h3-10H,11-12H2,1-2H3,(H,20,21). The van der Waals surface area contributed by atoms with Crippen LogP contribution in [0.2, 0.25) is 0 Å². The summed E-state index contributed by atoms with van der Waals surface area (Å²) in [5, 5.41) is 11.7. The van der Waals surface area contributed by atoms with Crippen molar-refractivity contribution in [1.29, 1.82) is 0 Å². The molecule has 0 fully saturated rings. The Hall–Kier alpha value is -2.29. The molecule has 0 aliphatic carbocycles. The summed E-state index contributed by atoms with van der Waals surface area (Å²) in [6.45, 7) is 4.26. The molecule has 0 spiro atoms. The Kier molecular flexibility index (Phi) is 3.20. The van der Waals surface area contributed by atoms with Gasteiger partial charge in [-0.05, 0) is 32.4 Å². The van der Waals surface area contributed by atoms with Crippen LogP contribution in [0.3, 0.4) is 0 Å². The van der Waals surface area contributed by atoms with Crippen molar-refractivity contribution < 1.29 is 9.90 Å². The molecule has 0 saturated heterocycles. The topological polar surface area (TPSA) is 42.2 Å². The van der Waals surface area contributed by atoms with Gasteiger partial charge in [0.1, 0.15) is 0 Å². The van der Waals surface area contributed by atoms with E-state index in [0.717, 1.165) is 0 Å². The summed E-state index contributed by atoms with van der Waals surface area (Å²) < 4.78 is 2.23. The lowest BCUT2D eigenvalue weighted by molar-refractivity contribution is -0.147. The van der Waals surface area contributed by atoms with Crippen molar-refractivity contribution in [1.82, 2.24) is 4.57 Å². The molecule has 0 aliphatic heterocycles. The van der Waals surface area contributed by atoms with Gasteiger partial charge in [-0.2, -0.15) is 0 Å². The molecule has 2 aromatic carbocycles. The minimum Gasteiger partial charge on any atom is -0.481 e. The summed E-state index contributed by atoms with van der Waals surface area (Å²) in [5.41, 5.74) is 1.62. The Bertz CT molecular complexity index is 761. The van der Waals surface area contributed by atoms with Crippen molar-refractivity contribution in [3.63, 3.8) is 0 Å². The fourth-order valence-corrected chi connectivity index (χ4v) is 2.74. The molecule has 0 aliphatic rings. The quantitative estimate of drug-likeness (QED) is 0.775. The first kappa shape index (κ1) is 13.7. The molecular weight excluding hydrogens is 262 g/mol. The predicted octanol–water partition coefficient (Wildman–Crippen LogP) is 4.30. The highest BCUT2D eigenvalue weighted by atomic mass is 16.4. The molecule has 3 nitrogen and oxygen atoms in total. The van der Waals surface area contributed by atoms with Crippen molar-refractivity contribution in [2.24, 2.45) is 5.41 Å². The van der Waals surface area contributed by atoms with Gasteiger partial charge in [-0.15, -0.1) is 0 Å². The second-order valence-corrected chi connectivity index (χ2v) is 6.12. The second kappa shape index (κ2) is 4.92. The number of carboxylic acids is 1. The van der Waals surface area contributed by atoms with Crippen LogP contribution in [-0.4, -0.2) is 15.6 Å². The molecule has 3 aromatic rings. The lowest BCUT2D eigenvalue weighted by atomic mass is 9.89. The molecule has 21 heavy (non-hydrogen) atoms. The van der Waals surface area contributed by atoms with Crippen LogP contribution < -0.4 is 0 Å². The molecule has 0 atom stereocenters. The van der Waals surface area contributed by atoms with E-state index in [2.05, 4.69) is 28.8 Å². The fourth-order valence-electron chi connectivity index (χ4n) is 2.74. The molecule has 1 N–H and O–H groups in total. The van der Waals surface area contributed by atoms with Gasteiger partial charge in [-0.1, -0.05) is 36.4 Å².